The zero-order chi connectivity index (χ0) is 14.1. The zero-order valence-electron chi connectivity index (χ0n) is 11.0. The molecule has 0 radical (unpaired) electrons. The summed E-state index contributed by atoms with van der Waals surface area (Å²) in [5.74, 6) is 0. The Labute approximate surface area is 116 Å². The first-order valence-corrected chi connectivity index (χ1v) is 6.29. The van der Waals surface area contributed by atoms with Gasteiger partial charge in [0.25, 0.3) is 5.56 Å². The first-order valence-electron chi connectivity index (χ1n) is 6.29. The molecule has 0 N–H and O–H groups in total. The van der Waals surface area contributed by atoms with Crippen LogP contribution in [0.4, 0.5) is 0 Å². The Hall–Kier alpha value is -2.86. The van der Waals surface area contributed by atoms with Gasteiger partial charge in [-0.05, 0) is 40.8 Å². The van der Waals surface area contributed by atoms with E-state index in [-0.39, 0.29) is 5.56 Å². The van der Waals surface area contributed by atoms with Gasteiger partial charge >= 0.3 is 0 Å². The lowest BCUT2D eigenvalue weighted by atomic mass is 10.0. The molecule has 3 aromatic rings. The molecule has 3 heteroatoms. The van der Waals surface area contributed by atoms with Gasteiger partial charge in [0.2, 0.25) is 0 Å². The molecule has 0 aliphatic heterocycles. The van der Waals surface area contributed by atoms with Gasteiger partial charge in [0.05, 0.1) is 17.1 Å². The molecule has 1 heterocycles. The smallest absolute Gasteiger partial charge is 0.250 e. The Balaban J connectivity index is 2.19. The van der Waals surface area contributed by atoms with E-state index in [4.69, 9.17) is 5.26 Å². The topological polar surface area (TPSA) is 45.8 Å². The van der Waals surface area contributed by atoms with E-state index < -0.39 is 0 Å². The number of benzene rings is 2. The predicted octanol–water partition coefficient (Wildman–Crippen LogP) is 3.08. The van der Waals surface area contributed by atoms with Crippen LogP contribution in [0.3, 0.4) is 0 Å². The molecule has 0 spiro atoms. The van der Waals surface area contributed by atoms with Gasteiger partial charge in [0.1, 0.15) is 0 Å². The number of hydrogen-bond acceptors (Lipinski definition) is 2. The van der Waals surface area contributed by atoms with Crippen molar-refractivity contribution in [1.82, 2.24) is 4.57 Å². The summed E-state index contributed by atoms with van der Waals surface area (Å²) in [5, 5.41) is 9.85. The second kappa shape index (κ2) is 4.67. The van der Waals surface area contributed by atoms with E-state index in [9.17, 15) is 4.79 Å². The summed E-state index contributed by atoms with van der Waals surface area (Å²) >= 11 is 0. The fourth-order valence-corrected chi connectivity index (χ4v) is 2.28. The molecule has 1 aromatic heterocycles. The van der Waals surface area contributed by atoms with Crippen LogP contribution in [0.15, 0.2) is 59.4 Å². The summed E-state index contributed by atoms with van der Waals surface area (Å²) in [4.78, 5) is 11.7. The predicted molar refractivity (Wildman–Crippen MR) is 79.3 cm³/mol. The molecular formula is C17H12N2O. The van der Waals surface area contributed by atoms with Crippen molar-refractivity contribution in [1.29, 1.82) is 5.26 Å². The van der Waals surface area contributed by atoms with Crippen molar-refractivity contribution in [2.24, 2.45) is 7.05 Å². The van der Waals surface area contributed by atoms with Crippen molar-refractivity contribution >= 4 is 10.9 Å². The molecule has 20 heavy (non-hydrogen) atoms. The molecule has 0 aliphatic carbocycles. The molecule has 0 saturated heterocycles. The minimum Gasteiger partial charge on any atom is -0.311 e. The van der Waals surface area contributed by atoms with Crippen LogP contribution in [0.25, 0.3) is 22.0 Å². The van der Waals surface area contributed by atoms with E-state index in [0.717, 1.165) is 22.0 Å². The standard InChI is InChI=1S/C17H12N2O/c1-19-16-10-15(7-6-14(16)8-9-17(19)20)13-4-2-12(11-18)3-5-13/h2-10H,1H3. The molecule has 96 valence electrons. The second-order valence-corrected chi connectivity index (χ2v) is 4.69. The third-order valence-corrected chi connectivity index (χ3v) is 3.48. The van der Waals surface area contributed by atoms with Gasteiger partial charge < -0.3 is 4.57 Å². The summed E-state index contributed by atoms with van der Waals surface area (Å²) in [6.07, 6.45) is 0. The quantitative estimate of drug-likeness (QED) is 0.675. The van der Waals surface area contributed by atoms with Gasteiger partial charge in [-0.25, -0.2) is 0 Å². The highest BCUT2D eigenvalue weighted by atomic mass is 16.1. The molecule has 0 aliphatic rings. The number of aromatic nitrogens is 1. The number of fused-ring (bicyclic) bond motifs is 1. The minimum atomic E-state index is -0.0190. The molecule has 3 nitrogen and oxygen atoms in total. The zero-order valence-corrected chi connectivity index (χ0v) is 11.0. The van der Waals surface area contributed by atoms with Crippen LogP contribution in [0, 0.1) is 11.3 Å². The Bertz CT molecular complexity index is 883. The molecule has 0 bridgehead atoms. The van der Waals surface area contributed by atoms with Gasteiger partial charge in [-0.2, -0.15) is 5.26 Å². The monoisotopic (exact) mass is 260 g/mol. The summed E-state index contributed by atoms with van der Waals surface area (Å²) in [6.45, 7) is 0. The molecule has 2 aromatic carbocycles. The fraction of sp³-hybridized carbons (Fsp3) is 0.0588. The maximum atomic E-state index is 11.7. The van der Waals surface area contributed by atoms with Crippen molar-refractivity contribution in [2.45, 2.75) is 0 Å². The van der Waals surface area contributed by atoms with Crippen molar-refractivity contribution in [3.8, 4) is 17.2 Å². The van der Waals surface area contributed by atoms with Crippen LogP contribution < -0.4 is 5.56 Å². The first-order chi connectivity index (χ1) is 9.69. The summed E-state index contributed by atoms with van der Waals surface area (Å²) in [6, 6.07) is 19.0. The number of nitriles is 1. The SMILES string of the molecule is Cn1c(=O)ccc2ccc(-c3ccc(C#N)cc3)cc21. The minimum absolute atomic E-state index is 0.0190. The summed E-state index contributed by atoms with van der Waals surface area (Å²) < 4.78 is 1.64. The lowest BCUT2D eigenvalue weighted by molar-refractivity contribution is 0.906. The van der Waals surface area contributed by atoms with E-state index in [1.54, 1.807) is 29.8 Å². The highest BCUT2D eigenvalue weighted by Crippen LogP contribution is 2.23. The van der Waals surface area contributed by atoms with Crippen molar-refractivity contribution in [3.63, 3.8) is 0 Å². The average Bonchev–Trinajstić information content (AvgIpc) is 2.51. The normalized spacial score (nSPS) is 10.4. The number of rotatable bonds is 1. The number of nitrogens with zero attached hydrogens (tertiary/aromatic N) is 2. The Kier molecular flexibility index (Phi) is 2.85. The Morgan fingerprint density at radius 3 is 2.30 bits per heavy atom. The molecule has 0 unspecified atom stereocenters. The maximum absolute atomic E-state index is 11.7. The lowest BCUT2D eigenvalue weighted by Gasteiger charge is -2.07. The lowest BCUT2D eigenvalue weighted by Crippen LogP contribution is -2.14. The van der Waals surface area contributed by atoms with Crippen LogP contribution in [0.2, 0.25) is 0 Å². The van der Waals surface area contributed by atoms with Crippen LogP contribution >= 0.6 is 0 Å². The van der Waals surface area contributed by atoms with Crippen LogP contribution in [-0.2, 0) is 7.05 Å². The van der Waals surface area contributed by atoms with E-state index in [2.05, 4.69) is 6.07 Å². The van der Waals surface area contributed by atoms with Gasteiger partial charge in [0, 0.05) is 13.1 Å². The second-order valence-electron chi connectivity index (χ2n) is 4.69. The van der Waals surface area contributed by atoms with E-state index in [0.29, 0.717) is 5.56 Å². The maximum Gasteiger partial charge on any atom is 0.250 e. The highest BCUT2D eigenvalue weighted by molar-refractivity contribution is 5.84. The van der Waals surface area contributed by atoms with Gasteiger partial charge in [0.15, 0.2) is 0 Å². The van der Waals surface area contributed by atoms with Crippen molar-refractivity contribution in [3.05, 3.63) is 70.5 Å². The molecule has 0 atom stereocenters. The molecule has 0 amide bonds. The average molecular weight is 260 g/mol. The molecule has 3 rings (SSSR count). The number of hydrogen-bond donors (Lipinski definition) is 0. The third kappa shape index (κ3) is 1.98. The highest BCUT2D eigenvalue weighted by Gasteiger charge is 2.03. The molecular weight excluding hydrogens is 248 g/mol. The van der Waals surface area contributed by atoms with Crippen molar-refractivity contribution in [2.75, 3.05) is 0 Å². The van der Waals surface area contributed by atoms with E-state index >= 15 is 0 Å². The summed E-state index contributed by atoms with van der Waals surface area (Å²) in [7, 11) is 1.77. The fourth-order valence-electron chi connectivity index (χ4n) is 2.28. The molecule has 0 fully saturated rings. The summed E-state index contributed by atoms with van der Waals surface area (Å²) in [5.41, 5.74) is 3.58. The number of aryl methyl sites for hydroxylation is 1. The number of pyridine rings is 1. The third-order valence-electron chi connectivity index (χ3n) is 3.48. The van der Waals surface area contributed by atoms with Crippen LogP contribution in [0.1, 0.15) is 5.56 Å². The van der Waals surface area contributed by atoms with Gasteiger partial charge in [-0.15, -0.1) is 0 Å². The Morgan fingerprint density at radius 1 is 0.950 bits per heavy atom. The van der Waals surface area contributed by atoms with Gasteiger partial charge in [-0.3, -0.25) is 4.79 Å². The Morgan fingerprint density at radius 2 is 1.60 bits per heavy atom. The first kappa shape index (κ1) is 12.2. The van der Waals surface area contributed by atoms with Gasteiger partial charge in [-0.1, -0.05) is 24.3 Å². The van der Waals surface area contributed by atoms with Crippen molar-refractivity contribution < 1.29 is 0 Å². The molecule has 0 saturated carbocycles. The van der Waals surface area contributed by atoms with Crippen LogP contribution in [0.5, 0.6) is 0 Å². The van der Waals surface area contributed by atoms with Crippen LogP contribution in [-0.4, -0.2) is 4.57 Å². The van der Waals surface area contributed by atoms with E-state index in [1.165, 1.54) is 0 Å². The largest absolute Gasteiger partial charge is 0.311 e. The van der Waals surface area contributed by atoms with E-state index in [1.807, 2.05) is 36.4 Å².